The number of aryl methyl sites for hydroxylation is 1. The van der Waals surface area contributed by atoms with E-state index in [9.17, 15) is 0 Å². The van der Waals surface area contributed by atoms with Gasteiger partial charge in [0, 0.05) is 24.6 Å². The molecule has 0 saturated heterocycles. The average Bonchev–Trinajstić information content (AvgIpc) is 2.05. The van der Waals surface area contributed by atoms with E-state index in [1.54, 1.807) is 0 Å². The molecule has 0 radical (unpaired) electrons. The Kier molecular flexibility index (Phi) is 1.18. The molecule has 10 heavy (non-hydrogen) atoms. The quantitative estimate of drug-likeness (QED) is 0.482. The molecule has 0 amide bonds. The molecule has 0 atom stereocenters. The van der Waals surface area contributed by atoms with Crippen LogP contribution in [0.15, 0.2) is 18.3 Å². The minimum Gasteiger partial charge on any atom is -0.260 e. The van der Waals surface area contributed by atoms with E-state index in [1.165, 1.54) is 0 Å². The molecule has 0 aromatic carbocycles. The van der Waals surface area contributed by atoms with Crippen molar-refractivity contribution in [3.05, 3.63) is 29.6 Å². The van der Waals surface area contributed by atoms with Gasteiger partial charge < -0.3 is 0 Å². The number of aromatic nitrogens is 1. The molecule has 1 aliphatic carbocycles. The van der Waals surface area contributed by atoms with Crippen molar-refractivity contribution in [2.75, 3.05) is 0 Å². The Labute approximate surface area is 60.1 Å². The number of hydrogen-bond acceptors (Lipinski definition) is 1. The molecule has 48 valence electrons. The highest BCUT2D eigenvalue weighted by Gasteiger charge is 2.01. The molecular weight excluding hydrogens is 122 g/mol. The Morgan fingerprint density at radius 1 is 1.50 bits per heavy atom. The summed E-state index contributed by atoms with van der Waals surface area (Å²) in [6, 6.07) is 3.95. The standard InChI is InChI=1S/C9H7N/c1-2-6-9-8(4-1)5-3-7-10-9/h3,5,7H,2,6H2. The topological polar surface area (TPSA) is 12.9 Å². The van der Waals surface area contributed by atoms with Crippen molar-refractivity contribution in [2.45, 2.75) is 12.8 Å². The number of pyridine rings is 1. The van der Waals surface area contributed by atoms with Crippen molar-refractivity contribution in [3.8, 4) is 11.8 Å². The average molecular weight is 129 g/mol. The SMILES string of the molecule is C1#Cc2cccnc2CC1. The van der Waals surface area contributed by atoms with Gasteiger partial charge in [0.25, 0.3) is 0 Å². The highest BCUT2D eigenvalue weighted by atomic mass is 14.7. The van der Waals surface area contributed by atoms with Gasteiger partial charge in [-0.05, 0) is 12.1 Å². The van der Waals surface area contributed by atoms with E-state index in [0.717, 1.165) is 24.1 Å². The number of rotatable bonds is 0. The minimum absolute atomic E-state index is 0.962. The van der Waals surface area contributed by atoms with Gasteiger partial charge in [0.1, 0.15) is 0 Å². The van der Waals surface area contributed by atoms with E-state index in [2.05, 4.69) is 16.8 Å². The molecule has 0 unspecified atom stereocenters. The summed E-state index contributed by atoms with van der Waals surface area (Å²) in [4.78, 5) is 4.22. The Bertz CT molecular complexity index is 304. The summed E-state index contributed by atoms with van der Waals surface area (Å²) in [6.45, 7) is 0. The normalized spacial score (nSPS) is 13.2. The first-order valence-electron chi connectivity index (χ1n) is 3.39. The molecule has 1 aliphatic rings. The molecule has 1 heterocycles. The summed E-state index contributed by atoms with van der Waals surface area (Å²) in [5, 5.41) is 0. The van der Waals surface area contributed by atoms with Gasteiger partial charge in [-0.3, -0.25) is 4.98 Å². The van der Waals surface area contributed by atoms with Crippen LogP contribution >= 0.6 is 0 Å². The largest absolute Gasteiger partial charge is 0.260 e. The molecule has 2 rings (SSSR count). The lowest BCUT2D eigenvalue weighted by Crippen LogP contribution is -1.96. The van der Waals surface area contributed by atoms with Gasteiger partial charge >= 0.3 is 0 Å². The van der Waals surface area contributed by atoms with Crippen LogP contribution in [-0.4, -0.2) is 4.98 Å². The molecular formula is C9H7N. The smallest absolute Gasteiger partial charge is 0.0569 e. The van der Waals surface area contributed by atoms with E-state index in [0.29, 0.717) is 0 Å². The maximum atomic E-state index is 4.22. The fourth-order valence-electron chi connectivity index (χ4n) is 1.09. The van der Waals surface area contributed by atoms with Crippen LogP contribution in [0.25, 0.3) is 0 Å². The van der Waals surface area contributed by atoms with Gasteiger partial charge in [-0.2, -0.15) is 0 Å². The Morgan fingerprint density at radius 3 is 3.40 bits per heavy atom. The summed E-state index contributed by atoms with van der Waals surface area (Å²) < 4.78 is 0. The van der Waals surface area contributed by atoms with Gasteiger partial charge in [-0.1, -0.05) is 11.8 Å². The van der Waals surface area contributed by atoms with Crippen molar-refractivity contribution in [2.24, 2.45) is 0 Å². The first kappa shape index (κ1) is 5.49. The fraction of sp³-hybridized carbons (Fsp3) is 0.222. The molecule has 0 aliphatic heterocycles. The van der Waals surface area contributed by atoms with E-state index < -0.39 is 0 Å². The van der Waals surface area contributed by atoms with Crippen LogP contribution in [0.3, 0.4) is 0 Å². The monoisotopic (exact) mass is 129 g/mol. The van der Waals surface area contributed by atoms with E-state index in [-0.39, 0.29) is 0 Å². The summed E-state index contributed by atoms with van der Waals surface area (Å²) in [5.74, 6) is 6.10. The number of fused-ring (bicyclic) bond motifs is 1. The lowest BCUT2D eigenvalue weighted by atomic mass is 10.1. The second kappa shape index (κ2) is 2.15. The van der Waals surface area contributed by atoms with E-state index in [1.807, 2.05) is 18.3 Å². The maximum absolute atomic E-state index is 4.22. The van der Waals surface area contributed by atoms with Gasteiger partial charge in [0.05, 0.1) is 5.69 Å². The van der Waals surface area contributed by atoms with E-state index in [4.69, 9.17) is 0 Å². The van der Waals surface area contributed by atoms with Gasteiger partial charge in [0.2, 0.25) is 0 Å². The van der Waals surface area contributed by atoms with Crippen molar-refractivity contribution in [1.82, 2.24) is 4.98 Å². The molecule has 0 N–H and O–H groups in total. The molecule has 0 fully saturated rings. The summed E-state index contributed by atoms with van der Waals surface area (Å²) in [7, 11) is 0. The third-order valence-electron chi connectivity index (χ3n) is 1.60. The number of hydrogen-bond donors (Lipinski definition) is 0. The van der Waals surface area contributed by atoms with Crippen LogP contribution < -0.4 is 0 Å². The van der Waals surface area contributed by atoms with Crippen LogP contribution in [0.5, 0.6) is 0 Å². The van der Waals surface area contributed by atoms with Crippen LogP contribution in [0.2, 0.25) is 0 Å². The zero-order valence-electron chi connectivity index (χ0n) is 5.59. The maximum Gasteiger partial charge on any atom is 0.0569 e. The first-order chi connectivity index (χ1) is 4.97. The first-order valence-corrected chi connectivity index (χ1v) is 3.39. The van der Waals surface area contributed by atoms with Crippen LogP contribution in [0.4, 0.5) is 0 Å². The molecule has 0 spiro atoms. The summed E-state index contributed by atoms with van der Waals surface area (Å²) in [6.07, 6.45) is 3.80. The Balaban J connectivity index is 2.60. The predicted molar refractivity (Wildman–Crippen MR) is 39.4 cm³/mol. The molecule has 0 bridgehead atoms. The molecule has 1 aromatic heterocycles. The lowest BCUT2D eigenvalue weighted by molar-refractivity contribution is 0.944. The predicted octanol–water partition coefficient (Wildman–Crippen LogP) is 1.38. The second-order valence-electron chi connectivity index (χ2n) is 2.30. The van der Waals surface area contributed by atoms with Gasteiger partial charge in [0.15, 0.2) is 0 Å². The van der Waals surface area contributed by atoms with Crippen molar-refractivity contribution >= 4 is 0 Å². The van der Waals surface area contributed by atoms with Crippen molar-refractivity contribution < 1.29 is 0 Å². The van der Waals surface area contributed by atoms with Crippen molar-refractivity contribution in [3.63, 3.8) is 0 Å². The van der Waals surface area contributed by atoms with E-state index >= 15 is 0 Å². The van der Waals surface area contributed by atoms with Crippen LogP contribution in [-0.2, 0) is 6.42 Å². The lowest BCUT2D eigenvalue weighted by Gasteiger charge is -2.03. The van der Waals surface area contributed by atoms with Crippen LogP contribution in [0.1, 0.15) is 17.7 Å². The highest BCUT2D eigenvalue weighted by Crippen LogP contribution is 2.09. The zero-order chi connectivity index (χ0) is 6.81. The minimum atomic E-state index is 0.962. The molecule has 1 aromatic rings. The Hall–Kier alpha value is -1.29. The zero-order valence-corrected chi connectivity index (χ0v) is 5.59. The fourth-order valence-corrected chi connectivity index (χ4v) is 1.09. The third kappa shape index (κ3) is 0.784. The molecule has 1 heteroatoms. The van der Waals surface area contributed by atoms with Crippen LogP contribution in [0, 0.1) is 11.8 Å². The number of nitrogens with zero attached hydrogens (tertiary/aromatic N) is 1. The van der Waals surface area contributed by atoms with Crippen molar-refractivity contribution in [1.29, 1.82) is 0 Å². The van der Waals surface area contributed by atoms with Gasteiger partial charge in [-0.25, -0.2) is 0 Å². The molecule has 0 saturated carbocycles. The third-order valence-corrected chi connectivity index (χ3v) is 1.60. The molecule has 1 nitrogen and oxygen atoms in total. The highest BCUT2D eigenvalue weighted by molar-refractivity contribution is 5.40. The Morgan fingerprint density at radius 2 is 2.50 bits per heavy atom. The second-order valence-corrected chi connectivity index (χ2v) is 2.30. The van der Waals surface area contributed by atoms with Gasteiger partial charge in [-0.15, -0.1) is 0 Å². The summed E-state index contributed by atoms with van der Waals surface area (Å²) >= 11 is 0. The summed E-state index contributed by atoms with van der Waals surface area (Å²) in [5.41, 5.74) is 2.26.